The summed E-state index contributed by atoms with van der Waals surface area (Å²) in [5.74, 6) is 0. The molecule has 2 heterocycles. The lowest BCUT2D eigenvalue weighted by molar-refractivity contribution is 0.158. The van der Waals surface area contributed by atoms with Crippen LogP contribution in [0.5, 0.6) is 0 Å². The summed E-state index contributed by atoms with van der Waals surface area (Å²) in [4.78, 5) is 2.62. The Hall–Kier alpha value is -0.870. The van der Waals surface area contributed by atoms with Crippen LogP contribution in [0.1, 0.15) is 45.1 Å². The second-order valence-corrected chi connectivity index (χ2v) is 5.58. The lowest BCUT2D eigenvalue weighted by Crippen LogP contribution is -2.45. The molecule has 0 radical (unpaired) electrons. The largest absolute Gasteiger partial charge is 0.315 e. The van der Waals surface area contributed by atoms with Gasteiger partial charge in [-0.05, 0) is 38.8 Å². The maximum atomic E-state index is 4.44. The molecule has 1 N–H and O–H groups in total. The van der Waals surface area contributed by atoms with Crippen molar-refractivity contribution >= 4 is 0 Å². The fourth-order valence-corrected chi connectivity index (χ4v) is 2.90. The fraction of sp³-hybridized carbons (Fsp3) is 0.800. The standard InChI is InChI=1S/C15H28N4/c1-3-8-18(15-6-5-7-16-11-15)12-14-10-17-19(13-14)9-4-2/h10,13,15-16H,3-9,11-12H2,1-2H3. The molecule has 1 aromatic heterocycles. The molecule has 0 bridgehead atoms. The van der Waals surface area contributed by atoms with Crippen molar-refractivity contribution in [3.8, 4) is 0 Å². The molecular weight excluding hydrogens is 236 g/mol. The first-order valence-corrected chi connectivity index (χ1v) is 7.79. The van der Waals surface area contributed by atoms with Gasteiger partial charge in [-0.2, -0.15) is 5.10 Å². The number of nitrogens with one attached hydrogen (secondary N) is 1. The summed E-state index contributed by atoms with van der Waals surface area (Å²) < 4.78 is 2.07. The monoisotopic (exact) mass is 264 g/mol. The van der Waals surface area contributed by atoms with E-state index in [0.717, 1.165) is 26.1 Å². The molecule has 1 aromatic rings. The second kappa shape index (κ2) is 7.65. The molecule has 0 spiro atoms. The van der Waals surface area contributed by atoms with Crippen LogP contribution in [0.15, 0.2) is 12.4 Å². The van der Waals surface area contributed by atoms with Crippen molar-refractivity contribution in [2.24, 2.45) is 0 Å². The lowest BCUT2D eigenvalue weighted by atomic mass is 10.1. The maximum Gasteiger partial charge on any atom is 0.0534 e. The zero-order chi connectivity index (χ0) is 13.5. The van der Waals surface area contributed by atoms with Crippen molar-refractivity contribution < 1.29 is 0 Å². The molecule has 1 aliphatic heterocycles. The second-order valence-electron chi connectivity index (χ2n) is 5.58. The van der Waals surface area contributed by atoms with Gasteiger partial charge in [0, 0.05) is 37.4 Å². The summed E-state index contributed by atoms with van der Waals surface area (Å²) in [6, 6.07) is 0.697. The Morgan fingerprint density at radius 3 is 3.00 bits per heavy atom. The third kappa shape index (κ3) is 4.32. The summed E-state index contributed by atoms with van der Waals surface area (Å²) in [6.07, 6.45) is 9.25. The van der Waals surface area contributed by atoms with Crippen LogP contribution in [-0.4, -0.2) is 40.4 Å². The Kier molecular flexibility index (Phi) is 5.86. The number of hydrogen-bond donors (Lipinski definition) is 1. The highest BCUT2D eigenvalue weighted by atomic mass is 15.3. The summed E-state index contributed by atoms with van der Waals surface area (Å²) in [6.45, 7) is 10.0. The van der Waals surface area contributed by atoms with Crippen molar-refractivity contribution in [2.75, 3.05) is 19.6 Å². The van der Waals surface area contributed by atoms with Crippen molar-refractivity contribution in [1.82, 2.24) is 20.0 Å². The molecule has 19 heavy (non-hydrogen) atoms. The van der Waals surface area contributed by atoms with Crippen LogP contribution < -0.4 is 5.32 Å². The topological polar surface area (TPSA) is 33.1 Å². The minimum Gasteiger partial charge on any atom is -0.315 e. The first kappa shape index (κ1) is 14.5. The van der Waals surface area contributed by atoms with Crippen molar-refractivity contribution in [1.29, 1.82) is 0 Å². The average Bonchev–Trinajstić information content (AvgIpc) is 2.87. The fourth-order valence-electron chi connectivity index (χ4n) is 2.90. The molecule has 1 saturated heterocycles. The van der Waals surface area contributed by atoms with Crippen LogP contribution >= 0.6 is 0 Å². The van der Waals surface area contributed by atoms with Crippen LogP contribution in [0.2, 0.25) is 0 Å². The van der Waals surface area contributed by atoms with E-state index in [-0.39, 0.29) is 0 Å². The molecule has 1 aliphatic rings. The first-order valence-electron chi connectivity index (χ1n) is 7.79. The number of aromatic nitrogens is 2. The van der Waals surface area contributed by atoms with Crippen LogP contribution in [0.3, 0.4) is 0 Å². The number of rotatable bonds is 7. The summed E-state index contributed by atoms with van der Waals surface area (Å²) >= 11 is 0. The van der Waals surface area contributed by atoms with Crippen LogP contribution in [0.4, 0.5) is 0 Å². The third-order valence-corrected chi connectivity index (χ3v) is 3.82. The zero-order valence-electron chi connectivity index (χ0n) is 12.4. The average molecular weight is 264 g/mol. The SMILES string of the molecule is CCCN(Cc1cnn(CCC)c1)C1CCCNC1. The van der Waals surface area contributed by atoms with Crippen molar-refractivity contribution in [3.63, 3.8) is 0 Å². The quantitative estimate of drug-likeness (QED) is 0.820. The smallest absolute Gasteiger partial charge is 0.0534 e. The Bertz CT molecular complexity index is 355. The van der Waals surface area contributed by atoms with Gasteiger partial charge >= 0.3 is 0 Å². The summed E-state index contributed by atoms with van der Waals surface area (Å²) in [7, 11) is 0. The maximum absolute atomic E-state index is 4.44. The van der Waals surface area contributed by atoms with E-state index in [1.165, 1.54) is 37.9 Å². The van der Waals surface area contributed by atoms with Crippen molar-refractivity contribution in [3.05, 3.63) is 18.0 Å². The zero-order valence-corrected chi connectivity index (χ0v) is 12.4. The van der Waals surface area contributed by atoms with E-state index in [4.69, 9.17) is 0 Å². The molecule has 0 saturated carbocycles. The Balaban J connectivity index is 1.94. The molecule has 4 nitrogen and oxygen atoms in total. The van der Waals surface area contributed by atoms with Gasteiger partial charge < -0.3 is 5.32 Å². The van der Waals surface area contributed by atoms with Gasteiger partial charge in [-0.1, -0.05) is 13.8 Å². The number of aryl methyl sites for hydroxylation is 1. The molecule has 0 aliphatic carbocycles. The highest BCUT2D eigenvalue weighted by molar-refractivity contribution is 5.04. The van der Waals surface area contributed by atoms with E-state index in [9.17, 15) is 0 Å². The molecule has 2 rings (SSSR count). The van der Waals surface area contributed by atoms with E-state index in [1.807, 2.05) is 6.20 Å². The van der Waals surface area contributed by atoms with E-state index < -0.39 is 0 Å². The highest BCUT2D eigenvalue weighted by Crippen LogP contribution is 2.14. The highest BCUT2D eigenvalue weighted by Gasteiger charge is 2.20. The molecule has 0 amide bonds. The molecule has 0 aromatic carbocycles. The van der Waals surface area contributed by atoms with E-state index in [0.29, 0.717) is 6.04 Å². The van der Waals surface area contributed by atoms with E-state index >= 15 is 0 Å². The van der Waals surface area contributed by atoms with Gasteiger partial charge in [-0.25, -0.2) is 0 Å². The van der Waals surface area contributed by atoms with Gasteiger partial charge in [0.1, 0.15) is 0 Å². The number of piperidine rings is 1. The van der Waals surface area contributed by atoms with Crippen LogP contribution in [-0.2, 0) is 13.1 Å². The third-order valence-electron chi connectivity index (χ3n) is 3.82. The van der Waals surface area contributed by atoms with Gasteiger partial charge in [-0.15, -0.1) is 0 Å². The van der Waals surface area contributed by atoms with Gasteiger partial charge in [0.05, 0.1) is 6.20 Å². The molecule has 108 valence electrons. The van der Waals surface area contributed by atoms with Gasteiger partial charge in [0.25, 0.3) is 0 Å². The molecule has 4 heteroatoms. The van der Waals surface area contributed by atoms with Gasteiger partial charge in [0.2, 0.25) is 0 Å². The molecular formula is C15H28N4. The summed E-state index contributed by atoms with van der Waals surface area (Å²) in [5, 5.41) is 7.96. The first-order chi connectivity index (χ1) is 9.33. The number of hydrogen-bond acceptors (Lipinski definition) is 3. The molecule has 1 unspecified atom stereocenters. The molecule has 1 atom stereocenters. The van der Waals surface area contributed by atoms with Crippen molar-refractivity contribution in [2.45, 2.75) is 58.7 Å². The van der Waals surface area contributed by atoms with Crippen LogP contribution in [0.25, 0.3) is 0 Å². The predicted molar refractivity (Wildman–Crippen MR) is 79.1 cm³/mol. The minimum atomic E-state index is 0.697. The lowest BCUT2D eigenvalue weighted by Gasteiger charge is -2.34. The van der Waals surface area contributed by atoms with E-state index in [2.05, 4.69) is 40.0 Å². The van der Waals surface area contributed by atoms with Gasteiger partial charge in [0.15, 0.2) is 0 Å². The Morgan fingerprint density at radius 1 is 1.42 bits per heavy atom. The predicted octanol–water partition coefficient (Wildman–Crippen LogP) is 2.26. The minimum absolute atomic E-state index is 0.697. The Labute approximate surface area is 117 Å². The van der Waals surface area contributed by atoms with Gasteiger partial charge in [-0.3, -0.25) is 9.58 Å². The van der Waals surface area contributed by atoms with Crippen LogP contribution in [0, 0.1) is 0 Å². The number of nitrogens with zero attached hydrogens (tertiary/aromatic N) is 3. The van der Waals surface area contributed by atoms with E-state index in [1.54, 1.807) is 0 Å². The normalized spacial score (nSPS) is 20.1. The summed E-state index contributed by atoms with van der Waals surface area (Å²) in [5.41, 5.74) is 1.35. The Morgan fingerprint density at radius 2 is 2.32 bits per heavy atom. The molecule has 1 fully saturated rings.